The molecule has 1 heterocycles. The molecule has 146 valence electrons. The Morgan fingerprint density at radius 2 is 1.89 bits per heavy atom. The third-order valence-corrected chi connectivity index (χ3v) is 5.33. The molecule has 6 heteroatoms. The van der Waals surface area contributed by atoms with Crippen LogP contribution in [-0.2, 0) is 17.6 Å². The first kappa shape index (κ1) is 19.9. The van der Waals surface area contributed by atoms with Crippen molar-refractivity contribution in [3.05, 3.63) is 65.2 Å². The standard InChI is InChI=1S/C22H24N2O3S/c1-26-19-10-8-16(20(14-19)27-2)12-13-23-21(25)11-9-18-15-28-22(24-18)17-6-4-3-5-7-17/h3-8,10,14-15H,9,11-13H2,1-2H3,(H,23,25). The molecule has 28 heavy (non-hydrogen) atoms. The summed E-state index contributed by atoms with van der Waals surface area (Å²) in [6, 6.07) is 15.8. The largest absolute Gasteiger partial charge is 0.497 e. The van der Waals surface area contributed by atoms with E-state index >= 15 is 0 Å². The highest BCUT2D eigenvalue weighted by Gasteiger charge is 2.09. The Balaban J connectivity index is 1.45. The normalized spacial score (nSPS) is 10.5. The Morgan fingerprint density at radius 1 is 1.07 bits per heavy atom. The fourth-order valence-electron chi connectivity index (χ4n) is 2.86. The lowest BCUT2D eigenvalue weighted by Gasteiger charge is -2.11. The fraction of sp³-hybridized carbons (Fsp3) is 0.273. The molecule has 0 bridgehead atoms. The van der Waals surface area contributed by atoms with E-state index < -0.39 is 0 Å². The van der Waals surface area contributed by atoms with Gasteiger partial charge in [0.15, 0.2) is 0 Å². The van der Waals surface area contributed by atoms with Crippen molar-refractivity contribution in [2.24, 2.45) is 0 Å². The highest BCUT2D eigenvalue weighted by molar-refractivity contribution is 7.13. The molecule has 2 aromatic carbocycles. The average molecular weight is 397 g/mol. The Hall–Kier alpha value is -2.86. The highest BCUT2D eigenvalue weighted by atomic mass is 32.1. The minimum absolute atomic E-state index is 0.0294. The number of carbonyl (C=O) groups is 1. The summed E-state index contributed by atoms with van der Waals surface area (Å²) in [5.41, 5.74) is 3.10. The molecular formula is C22H24N2O3S. The van der Waals surface area contributed by atoms with Crippen LogP contribution in [0.15, 0.2) is 53.9 Å². The summed E-state index contributed by atoms with van der Waals surface area (Å²) in [5, 5.41) is 5.98. The van der Waals surface area contributed by atoms with Crippen LogP contribution in [0.2, 0.25) is 0 Å². The van der Waals surface area contributed by atoms with Gasteiger partial charge in [-0.2, -0.15) is 0 Å². The van der Waals surface area contributed by atoms with Gasteiger partial charge in [0, 0.05) is 30.0 Å². The molecule has 0 fully saturated rings. The van der Waals surface area contributed by atoms with E-state index in [2.05, 4.69) is 10.3 Å². The number of amides is 1. The maximum atomic E-state index is 12.2. The molecule has 0 radical (unpaired) electrons. The van der Waals surface area contributed by atoms with E-state index in [0.717, 1.165) is 33.3 Å². The zero-order valence-corrected chi connectivity index (χ0v) is 16.9. The zero-order chi connectivity index (χ0) is 19.8. The van der Waals surface area contributed by atoms with Gasteiger partial charge >= 0.3 is 0 Å². The summed E-state index contributed by atoms with van der Waals surface area (Å²) in [7, 11) is 3.26. The highest BCUT2D eigenvalue weighted by Crippen LogP contribution is 2.25. The first-order valence-corrected chi connectivity index (χ1v) is 10.0. The minimum atomic E-state index is 0.0294. The molecule has 0 aliphatic heterocycles. The molecular weight excluding hydrogens is 372 g/mol. The van der Waals surface area contributed by atoms with E-state index in [1.165, 1.54) is 0 Å². The number of carbonyl (C=O) groups excluding carboxylic acids is 1. The number of nitrogens with one attached hydrogen (secondary N) is 1. The summed E-state index contributed by atoms with van der Waals surface area (Å²) in [6.45, 7) is 0.563. The Kier molecular flexibility index (Phi) is 7.03. The molecule has 0 aliphatic carbocycles. The van der Waals surface area contributed by atoms with Crippen LogP contribution in [0.4, 0.5) is 0 Å². The number of ether oxygens (including phenoxy) is 2. The number of hydrogen-bond donors (Lipinski definition) is 1. The van der Waals surface area contributed by atoms with E-state index in [9.17, 15) is 4.79 Å². The molecule has 0 unspecified atom stereocenters. The number of methoxy groups -OCH3 is 2. The number of aromatic nitrogens is 1. The average Bonchev–Trinajstić information content (AvgIpc) is 3.22. The molecule has 5 nitrogen and oxygen atoms in total. The van der Waals surface area contributed by atoms with Crippen molar-refractivity contribution in [1.29, 1.82) is 0 Å². The molecule has 3 aromatic rings. The molecule has 3 rings (SSSR count). The number of aryl methyl sites for hydroxylation is 1. The molecule has 0 aliphatic rings. The van der Waals surface area contributed by atoms with E-state index in [0.29, 0.717) is 25.8 Å². The molecule has 0 saturated heterocycles. The van der Waals surface area contributed by atoms with Gasteiger partial charge < -0.3 is 14.8 Å². The minimum Gasteiger partial charge on any atom is -0.497 e. The smallest absolute Gasteiger partial charge is 0.220 e. The number of nitrogens with zero attached hydrogens (tertiary/aromatic N) is 1. The number of rotatable bonds is 9. The van der Waals surface area contributed by atoms with Gasteiger partial charge in [-0.15, -0.1) is 11.3 Å². The second-order valence-corrected chi connectivity index (χ2v) is 7.15. The summed E-state index contributed by atoms with van der Waals surface area (Å²) in [5.74, 6) is 1.55. The Labute approximate surface area is 169 Å². The molecule has 0 atom stereocenters. The third-order valence-electron chi connectivity index (χ3n) is 4.39. The quantitative estimate of drug-likeness (QED) is 0.591. The third kappa shape index (κ3) is 5.33. The summed E-state index contributed by atoms with van der Waals surface area (Å²) in [6.07, 6.45) is 1.77. The molecule has 1 amide bonds. The maximum absolute atomic E-state index is 12.2. The summed E-state index contributed by atoms with van der Waals surface area (Å²) >= 11 is 1.61. The van der Waals surface area contributed by atoms with Crippen molar-refractivity contribution in [3.8, 4) is 22.1 Å². The summed E-state index contributed by atoms with van der Waals surface area (Å²) < 4.78 is 10.6. The van der Waals surface area contributed by atoms with Gasteiger partial charge in [-0.1, -0.05) is 36.4 Å². The zero-order valence-electron chi connectivity index (χ0n) is 16.1. The van der Waals surface area contributed by atoms with Crippen molar-refractivity contribution in [2.45, 2.75) is 19.3 Å². The predicted octanol–water partition coefficient (Wildman–Crippen LogP) is 4.12. The monoisotopic (exact) mass is 396 g/mol. The predicted molar refractivity (Wildman–Crippen MR) is 112 cm³/mol. The van der Waals surface area contributed by atoms with Crippen molar-refractivity contribution in [1.82, 2.24) is 10.3 Å². The van der Waals surface area contributed by atoms with Crippen LogP contribution in [0.25, 0.3) is 10.6 Å². The van der Waals surface area contributed by atoms with Crippen LogP contribution >= 0.6 is 11.3 Å². The molecule has 1 N–H and O–H groups in total. The van der Waals surface area contributed by atoms with Gasteiger partial charge in [-0.3, -0.25) is 4.79 Å². The lowest BCUT2D eigenvalue weighted by Crippen LogP contribution is -2.26. The van der Waals surface area contributed by atoms with Crippen LogP contribution in [0.5, 0.6) is 11.5 Å². The van der Waals surface area contributed by atoms with Crippen LogP contribution in [0.1, 0.15) is 17.7 Å². The SMILES string of the molecule is COc1ccc(CCNC(=O)CCc2csc(-c3ccccc3)n2)c(OC)c1. The number of thiazole rings is 1. The van der Waals surface area contributed by atoms with E-state index in [1.807, 2.05) is 53.9 Å². The van der Waals surface area contributed by atoms with Gasteiger partial charge in [-0.25, -0.2) is 4.98 Å². The van der Waals surface area contributed by atoms with Gasteiger partial charge in [0.1, 0.15) is 16.5 Å². The van der Waals surface area contributed by atoms with Crippen LogP contribution in [0.3, 0.4) is 0 Å². The van der Waals surface area contributed by atoms with Crippen molar-refractivity contribution in [2.75, 3.05) is 20.8 Å². The van der Waals surface area contributed by atoms with Crippen LogP contribution < -0.4 is 14.8 Å². The topological polar surface area (TPSA) is 60.5 Å². The first-order chi connectivity index (χ1) is 13.7. The second kappa shape index (κ2) is 9.90. The van der Waals surface area contributed by atoms with Crippen LogP contribution in [0, 0.1) is 0 Å². The fourth-order valence-corrected chi connectivity index (χ4v) is 3.72. The summed E-state index contributed by atoms with van der Waals surface area (Å²) in [4.78, 5) is 16.8. The molecule has 0 spiro atoms. The van der Waals surface area contributed by atoms with Crippen molar-refractivity contribution >= 4 is 17.2 Å². The van der Waals surface area contributed by atoms with Crippen molar-refractivity contribution in [3.63, 3.8) is 0 Å². The maximum Gasteiger partial charge on any atom is 0.220 e. The van der Waals surface area contributed by atoms with Crippen LogP contribution in [-0.4, -0.2) is 31.7 Å². The Morgan fingerprint density at radius 3 is 2.64 bits per heavy atom. The lowest BCUT2D eigenvalue weighted by atomic mass is 10.1. The van der Waals surface area contributed by atoms with Gasteiger partial charge in [0.05, 0.1) is 19.9 Å². The second-order valence-electron chi connectivity index (χ2n) is 6.29. The van der Waals surface area contributed by atoms with E-state index in [-0.39, 0.29) is 5.91 Å². The lowest BCUT2D eigenvalue weighted by molar-refractivity contribution is -0.121. The van der Waals surface area contributed by atoms with Gasteiger partial charge in [0.2, 0.25) is 5.91 Å². The number of benzene rings is 2. The first-order valence-electron chi connectivity index (χ1n) is 9.17. The van der Waals surface area contributed by atoms with E-state index in [4.69, 9.17) is 9.47 Å². The van der Waals surface area contributed by atoms with Gasteiger partial charge in [-0.05, 0) is 24.5 Å². The van der Waals surface area contributed by atoms with Gasteiger partial charge in [0.25, 0.3) is 0 Å². The molecule has 0 saturated carbocycles. The van der Waals surface area contributed by atoms with Crippen molar-refractivity contribution < 1.29 is 14.3 Å². The number of hydrogen-bond acceptors (Lipinski definition) is 5. The molecule has 1 aromatic heterocycles. The Bertz CT molecular complexity index is 909. The van der Waals surface area contributed by atoms with E-state index in [1.54, 1.807) is 25.6 Å².